The fourth-order valence-corrected chi connectivity index (χ4v) is 1.53. The van der Waals surface area contributed by atoms with Crippen molar-refractivity contribution in [1.82, 2.24) is 0 Å². The molecule has 3 heteroatoms. The summed E-state index contributed by atoms with van der Waals surface area (Å²) >= 11 is 0. The average Bonchev–Trinajstić information content (AvgIpc) is 2.29. The molecule has 78 valence electrons. The largest absolute Gasteiger partial charge is 0.497 e. The molecule has 2 nitrogen and oxygen atoms in total. The summed E-state index contributed by atoms with van der Waals surface area (Å²) in [6.45, 7) is 0. The van der Waals surface area contributed by atoms with Crippen molar-refractivity contribution >= 4 is 10.8 Å². The molecular formula is C12H11FO2. The van der Waals surface area contributed by atoms with E-state index >= 15 is 0 Å². The van der Waals surface area contributed by atoms with Gasteiger partial charge in [0.15, 0.2) is 11.6 Å². The summed E-state index contributed by atoms with van der Waals surface area (Å²) in [5, 5.41) is 1.34. The maximum Gasteiger partial charge on any atom is 0.172 e. The highest BCUT2D eigenvalue weighted by Crippen LogP contribution is 2.28. The van der Waals surface area contributed by atoms with Gasteiger partial charge in [0, 0.05) is 5.39 Å². The van der Waals surface area contributed by atoms with Crippen molar-refractivity contribution in [2.75, 3.05) is 14.2 Å². The molecule has 15 heavy (non-hydrogen) atoms. The summed E-state index contributed by atoms with van der Waals surface area (Å²) < 4.78 is 23.7. The van der Waals surface area contributed by atoms with Crippen molar-refractivity contribution in [2.24, 2.45) is 0 Å². The smallest absolute Gasteiger partial charge is 0.172 e. The second-order valence-electron chi connectivity index (χ2n) is 3.17. The Morgan fingerprint density at radius 1 is 1.00 bits per heavy atom. The molecule has 0 aliphatic rings. The first-order valence-electron chi connectivity index (χ1n) is 4.56. The quantitative estimate of drug-likeness (QED) is 0.752. The minimum absolute atomic E-state index is 0.257. The number of hydrogen-bond donors (Lipinski definition) is 0. The monoisotopic (exact) mass is 206 g/mol. The summed E-state index contributed by atoms with van der Waals surface area (Å²) in [5.41, 5.74) is 0. The Hall–Kier alpha value is -1.77. The Bertz CT molecular complexity index is 494. The van der Waals surface area contributed by atoms with Gasteiger partial charge in [-0.2, -0.15) is 0 Å². The molecule has 0 saturated carbocycles. The lowest BCUT2D eigenvalue weighted by molar-refractivity contribution is 0.389. The topological polar surface area (TPSA) is 18.5 Å². The van der Waals surface area contributed by atoms with E-state index in [0.29, 0.717) is 11.1 Å². The molecule has 0 atom stereocenters. The zero-order valence-electron chi connectivity index (χ0n) is 8.58. The van der Waals surface area contributed by atoms with Gasteiger partial charge in [-0.3, -0.25) is 0 Å². The molecule has 0 aliphatic carbocycles. The first-order chi connectivity index (χ1) is 7.26. The third kappa shape index (κ3) is 1.61. The Kier molecular flexibility index (Phi) is 2.46. The molecule has 0 N–H and O–H groups in total. The van der Waals surface area contributed by atoms with Gasteiger partial charge in [-0.05, 0) is 29.7 Å². The van der Waals surface area contributed by atoms with Crippen molar-refractivity contribution in [3.8, 4) is 11.5 Å². The number of hydrogen-bond acceptors (Lipinski definition) is 2. The van der Waals surface area contributed by atoms with E-state index in [-0.39, 0.29) is 11.6 Å². The number of ether oxygens (including phenoxy) is 2. The number of methoxy groups -OCH3 is 2. The Morgan fingerprint density at radius 2 is 1.80 bits per heavy atom. The summed E-state index contributed by atoms with van der Waals surface area (Å²) in [4.78, 5) is 0. The number of rotatable bonds is 2. The van der Waals surface area contributed by atoms with Crippen LogP contribution in [0.25, 0.3) is 10.8 Å². The average molecular weight is 206 g/mol. The van der Waals surface area contributed by atoms with E-state index in [4.69, 9.17) is 9.47 Å². The first-order valence-corrected chi connectivity index (χ1v) is 4.56. The molecule has 0 heterocycles. The predicted octanol–water partition coefficient (Wildman–Crippen LogP) is 3.00. The number of halogens is 1. The Balaban J connectivity index is 2.68. The SMILES string of the molecule is COc1ccc2c(F)c(OC)ccc2c1. The van der Waals surface area contributed by atoms with Crippen LogP contribution in [0.4, 0.5) is 4.39 Å². The molecular weight excluding hydrogens is 195 g/mol. The standard InChI is InChI=1S/C12H11FO2/c1-14-9-4-5-10-8(7-9)3-6-11(15-2)12(10)13/h3-7H,1-2H3. The van der Waals surface area contributed by atoms with Crippen LogP contribution in [0.5, 0.6) is 11.5 Å². The van der Waals surface area contributed by atoms with Crippen molar-refractivity contribution in [1.29, 1.82) is 0 Å². The van der Waals surface area contributed by atoms with Crippen LogP contribution >= 0.6 is 0 Å². The molecule has 0 unspecified atom stereocenters. The maximum absolute atomic E-state index is 13.7. The highest BCUT2D eigenvalue weighted by atomic mass is 19.1. The van der Waals surface area contributed by atoms with Crippen molar-refractivity contribution in [3.05, 3.63) is 36.1 Å². The third-order valence-electron chi connectivity index (χ3n) is 2.35. The zero-order valence-corrected chi connectivity index (χ0v) is 8.58. The van der Waals surface area contributed by atoms with Crippen LogP contribution in [0.1, 0.15) is 0 Å². The molecule has 0 saturated heterocycles. The molecule has 0 fully saturated rings. The Labute approximate surface area is 87.2 Å². The fraction of sp³-hybridized carbons (Fsp3) is 0.167. The highest BCUT2D eigenvalue weighted by molar-refractivity contribution is 5.85. The second-order valence-corrected chi connectivity index (χ2v) is 3.17. The molecule has 0 aromatic heterocycles. The molecule has 0 bridgehead atoms. The van der Waals surface area contributed by atoms with Crippen LogP contribution in [0, 0.1) is 5.82 Å². The van der Waals surface area contributed by atoms with Gasteiger partial charge in [0.25, 0.3) is 0 Å². The molecule has 0 amide bonds. The van der Waals surface area contributed by atoms with Crippen LogP contribution in [0.2, 0.25) is 0 Å². The van der Waals surface area contributed by atoms with E-state index in [1.807, 2.05) is 0 Å². The number of benzene rings is 2. The van der Waals surface area contributed by atoms with Gasteiger partial charge in [-0.15, -0.1) is 0 Å². The third-order valence-corrected chi connectivity index (χ3v) is 2.35. The maximum atomic E-state index is 13.7. The van der Waals surface area contributed by atoms with E-state index in [0.717, 1.165) is 5.39 Å². The minimum atomic E-state index is -0.336. The van der Waals surface area contributed by atoms with E-state index in [1.165, 1.54) is 7.11 Å². The van der Waals surface area contributed by atoms with Crippen LogP contribution in [-0.2, 0) is 0 Å². The summed E-state index contributed by atoms with van der Waals surface area (Å²) in [5.74, 6) is 0.636. The van der Waals surface area contributed by atoms with E-state index in [2.05, 4.69) is 0 Å². The van der Waals surface area contributed by atoms with Gasteiger partial charge in [0.05, 0.1) is 14.2 Å². The zero-order chi connectivity index (χ0) is 10.8. The molecule has 0 spiro atoms. The van der Waals surface area contributed by atoms with E-state index in [9.17, 15) is 4.39 Å². The summed E-state index contributed by atoms with van der Waals surface area (Å²) in [6, 6.07) is 8.62. The van der Waals surface area contributed by atoms with Crippen molar-refractivity contribution in [3.63, 3.8) is 0 Å². The van der Waals surface area contributed by atoms with Crippen LogP contribution < -0.4 is 9.47 Å². The lowest BCUT2D eigenvalue weighted by atomic mass is 10.1. The lowest BCUT2D eigenvalue weighted by Crippen LogP contribution is -1.90. The second kappa shape index (κ2) is 3.77. The molecule has 2 aromatic carbocycles. The van der Waals surface area contributed by atoms with Gasteiger partial charge in [-0.1, -0.05) is 6.07 Å². The Morgan fingerprint density at radius 3 is 2.47 bits per heavy atom. The molecule has 0 aliphatic heterocycles. The predicted molar refractivity (Wildman–Crippen MR) is 57.0 cm³/mol. The minimum Gasteiger partial charge on any atom is -0.497 e. The fourth-order valence-electron chi connectivity index (χ4n) is 1.53. The van der Waals surface area contributed by atoms with Crippen LogP contribution in [0.3, 0.4) is 0 Å². The molecule has 2 rings (SSSR count). The van der Waals surface area contributed by atoms with Gasteiger partial charge in [0.1, 0.15) is 5.75 Å². The highest BCUT2D eigenvalue weighted by Gasteiger charge is 2.07. The van der Waals surface area contributed by atoms with Gasteiger partial charge in [0.2, 0.25) is 0 Å². The first kappa shape index (κ1) is 9.77. The van der Waals surface area contributed by atoms with Crippen LogP contribution in [-0.4, -0.2) is 14.2 Å². The van der Waals surface area contributed by atoms with Gasteiger partial charge in [-0.25, -0.2) is 4.39 Å². The van der Waals surface area contributed by atoms with Crippen LogP contribution in [0.15, 0.2) is 30.3 Å². The van der Waals surface area contributed by atoms with Gasteiger partial charge >= 0.3 is 0 Å². The normalized spacial score (nSPS) is 10.3. The van der Waals surface area contributed by atoms with Crippen molar-refractivity contribution in [2.45, 2.75) is 0 Å². The summed E-state index contributed by atoms with van der Waals surface area (Å²) in [6.07, 6.45) is 0. The van der Waals surface area contributed by atoms with Gasteiger partial charge < -0.3 is 9.47 Å². The lowest BCUT2D eigenvalue weighted by Gasteiger charge is -2.06. The van der Waals surface area contributed by atoms with E-state index < -0.39 is 0 Å². The molecule has 2 aromatic rings. The van der Waals surface area contributed by atoms with Crippen molar-refractivity contribution < 1.29 is 13.9 Å². The van der Waals surface area contributed by atoms with E-state index in [1.54, 1.807) is 37.4 Å². The number of fused-ring (bicyclic) bond motifs is 1. The summed E-state index contributed by atoms with van der Waals surface area (Å²) in [7, 11) is 3.04. The molecule has 0 radical (unpaired) electrons.